The van der Waals surface area contributed by atoms with E-state index in [-0.39, 0.29) is 24.1 Å². The zero-order chi connectivity index (χ0) is 12.3. The van der Waals surface area contributed by atoms with E-state index < -0.39 is 0 Å². The maximum Gasteiger partial charge on any atom is 0.274 e. The number of hydrogen-bond acceptors (Lipinski definition) is 6. The Kier molecular flexibility index (Phi) is 3.15. The number of nitrogens with two attached hydrogens (primary N) is 1. The highest BCUT2D eigenvalue weighted by Gasteiger charge is 2.23. The van der Waals surface area contributed by atoms with Crippen LogP contribution in [0.3, 0.4) is 0 Å². The van der Waals surface area contributed by atoms with Crippen molar-refractivity contribution in [1.82, 2.24) is 20.2 Å². The summed E-state index contributed by atoms with van der Waals surface area (Å²) in [7, 11) is 0. The van der Waals surface area contributed by atoms with Crippen molar-refractivity contribution in [1.29, 1.82) is 0 Å². The smallest absolute Gasteiger partial charge is 0.274 e. The van der Waals surface area contributed by atoms with Crippen molar-refractivity contribution in [3.8, 4) is 0 Å². The molecule has 1 aromatic rings. The summed E-state index contributed by atoms with van der Waals surface area (Å²) in [4.78, 5) is 32.3. The summed E-state index contributed by atoms with van der Waals surface area (Å²) in [5.74, 6) is 5.03. The van der Waals surface area contributed by atoms with Crippen molar-refractivity contribution in [3.05, 3.63) is 18.1 Å². The van der Waals surface area contributed by atoms with Gasteiger partial charge in [0, 0.05) is 13.1 Å². The van der Waals surface area contributed by atoms with Gasteiger partial charge in [-0.15, -0.1) is 0 Å². The molecule has 0 unspecified atom stereocenters. The summed E-state index contributed by atoms with van der Waals surface area (Å²) in [5, 5.41) is 2.64. The fraction of sp³-hybridized carbons (Fsp3) is 0.333. The second kappa shape index (κ2) is 4.74. The Hall–Kier alpha value is -2.22. The molecule has 1 aliphatic heterocycles. The minimum absolute atomic E-state index is 0.0530. The van der Waals surface area contributed by atoms with Gasteiger partial charge in [0.05, 0.1) is 18.9 Å². The molecule has 90 valence electrons. The third-order valence-corrected chi connectivity index (χ3v) is 2.34. The van der Waals surface area contributed by atoms with Crippen molar-refractivity contribution < 1.29 is 9.59 Å². The van der Waals surface area contributed by atoms with Crippen molar-refractivity contribution in [2.24, 2.45) is 5.84 Å². The number of amides is 2. The van der Waals surface area contributed by atoms with Gasteiger partial charge in [-0.3, -0.25) is 9.59 Å². The second-order valence-corrected chi connectivity index (χ2v) is 3.51. The van der Waals surface area contributed by atoms with Gasteiger partial charge in [0.1, 0.15) is 5.69 Å². The molecule has 0 atom stereocenters. The van der Waals surface area contributed by atoms with Gasteiger partial charge in [-0.2, -0.15) is 0 Å². The maximum absolute atomic E-state index is 11.9. The minimum Gasteiger partial charge on any atom is -0.353 e. The molecule has 8 heteroatoms. The lowest BCUT2D eigenvalue weighted by atomic mass is 10.3. The van der Waals surface area contributed by atoms with Crippen LogP contribution in [0.2, 0.25) is 0 Å². The number of hydrogen-bond donors (Lipinski definition) is 3. The first kappa shape index (κ1) is 11.3. The number of piperazine rings is 1. The molecule has 0 radical (unpaired) electrons. The molecule has 0 spiro atoms. The van der Waals surface area contributed by atoms with Crippen molar-refractivity contribution in [2.75, 3.05) is 25.1 Å². The molecule has 2 heterocycles. The molecule has 2 amide bonds. The fourth-order valence-electron chi connectivity index (χ4n) is 1.49. The van der Waals surface area contributed by atoms with E-state index in [4.69, 9.17) is 5.84 Å². The summed E-state index contributed by atoms with van der Waals surface area (Å²) in [6, 6.07) is 0. The summed E-state index contributed by atoms with van der Waals surface area (Å²) >= 11 is 0. The highest BCUT2D eigenvalue weighted by atomic mass is 16.2. The Morgan fingerprint density at radius 2 is 2.29 bits per heavy atom. The van der Waals surface area contributed by atoms with Gasteiger partial charge >= 0.3 is 0 Å². The first-order valence-electron chi connectivity index (χ1n) is 5.05. The SMILES string of the molecule is NNc1cnc(C(=O)N2CCNC(=O)C2)cn1. The highest BCUT2D eigenvalue weighted by molar-refractivity contribution is 5.95. The maximum atomic E-state index is 11.9. The van der Waals surface area contributed by atoms with Crippen LogP contribution in [0.1, 0.15) is 10.5 Å². The van der Waals surface area contributed by atoms with Crippen molar-refractivity contribution in [3.63, 3.8) is 0 Å². The Labute approximate surface area is 97.2 Å². The molecule has 4 N–H and O–H groups in total. The monoisotopic (exact) mass is 236 g/mol. The number of carbonyl (C=O) groups excluding carboxylic acids is 2. The summed E-state index contributed by atoms with van der Waals surface area (Å²) in [6.45, 7) is 0.987. The number of nitrogens with one attached hydrogen (secondary N) is 2. The predicted molar refractivity (Wildman–Crippen MR) is 58.8 cm³/mol. The first-order valence-corrected chi connectivity index (χ1v) is 5.05. The van der Waals surface area contributed by atoms with Crippen LogP contribution in [0.15, 0.2) is 12.4 Å². The number of carbonyl (C=O) groups is 2. The molecule has 1 saturated heterocycles. The molecular formula is C9H12N6O2. The molecular weight excluding hydrogens is 224 g/mol. The highest BCUT2D eigenvalue weighted by Crippen LogP contribution is 2.04. The van der Waals surface area contributed by atoms with Crippen LogP contribution in [-0.4, -0.2) is 46.3 Å². The van der Waals surface area contributed by atoms with Gasteiger partial charge in [0.25, 0.3) is 5.91 Å². The van der Waals surface area contributed by atoms with E-state index in [0.29, 0.717) is 18.9 Å². The lowest BCUT2D eigenvalue weighted by Crippen LogP contribution is -2.50. The predicted octanol–water partition coefficient (Wildman–Crippen LogP) is -1.67. The van der Waals surface area contributed by atoms with E-state index in [1.54, 1.807) is 0 Å². The number of nitrogens with zero attached hydrogens (tertiary/aromatic N) is 3. The first-order chi connectivity index (χ1) is 8.20. The molecule has 1 aromatic heterocycles. The largest absolute Gasteiger partial charge is 0.353 e. The molecule has 0 aliphatic carbocycles. The summed E-state index contributed by atoms with van der Waals surface area (Å²) in [6.07, 6.45) is 2.68. The van der Waals surface area contributed by atoms with Gasteiger partial charge in [0.15, 0.2) is 5.82 Å². The molecule has 0 aromatic carbocycles. The lowest BCUT2D eigenvalue weighted by molar-refractivity contribution is -0.123. The molecule has 1 fully saturated rings. The average Bonchev–Trinajstić information content (AvgIpc) is 2.38. The number of nitrogen functional groups attached to an aromatic ring is 1. The summed E-state index contributed by atoms with van der Waals surface area (Å²) < 4.78 is 0. The normalized spacial score (nSPS) is 15.4. The number of hydrazine groups is 1. The van der Waals surface area contributed by atoms with Crippen LogP contribution in [0.5, 0.6) is 0 Å². The van der Waals surface area contributed by atoms with Crippen molar-refractivity contribution in [2.45, 2.75) is 0 Å². The van der Waals surface area contributed by atoms with Gasteiger partial charge in [-0.1, -0.05) is 0 Å². The van der Waals surface area contributed by atoms with E-state index in [0.717, 1.165) is 0 Å². The van der Waals surface area contributed by atoms with Gasteiger partial charge in [0.2, 0.25) is 5.91 Å². The van der Waals surface area contributed by atoms with Crippen LogP contribution in [-0.2, 0) is 4.79 Å². The molecule has 2 rings (SSSR count). The fourth-order valence-corrected chi connectivity index (χ4v) is 1.49. The van der Waals surface area contributed by atoms with Gasteiger partial charge in [-0.05, 0) is 0 Å². The Bertz CT molecular complexity index is 432. The van der Waals surface area contributed by atoms with E-state index in [1.807, 2.05) is 0 Å². The molecule has 8 nitrogen and oxygen atoms in total. The van der Waals surface area contributed by atoms with E-state index in [2.05, 4.69) is 20.7 Å². The van der Waals surface area contributed by atoms with Crippen LogP contribution in [0.25, 0.3) is 0 Å². The number of anilines is 1. The Balaban J connectivity index is 2.10. The van der Waals surface area contributed by atoms with Gasteiger partial charge < -0.3 is 15.6 Å². The second-order valence-electron chi connectivity index (χ2n) is 3.51. The van der Waals surface area contributed by atoms with Crippen LogP contribution < -0.4 is 16.6 Å². The number of rotatable bonds is 2. The zero-order valence-corrected chi connectivity index (χ0v) is 9.01. The molecule has 1 aliphatic rings. The number of aromatic nitrogens is 2. The van der Waals surface area contributed by atoms with Crippen molar-refractivity contribution >= 4 is 17.6 Å². The van der Waals surface area contributed by atoms with Crippen LogP contribution >= 0.6 is 0 Å². The summed E-state index contributed by atoms with van der Waals surface area (Å²) in [5.41, 5.74) is 2.51. The zero-order valence-electron chi connectivity index (χ0n) is 9.01. The molecule has 0 bridgehead atoms. The Morgan fingerprint density at radius 3 is 2.88 bits per heavy atom. The third-order valence-electron chi connectivity index (χ3n) is 2.34. The van der Waals surface area contributed by atoms with Crippen LogP contribution in [0.4, 0.5) is 5.82 Å². The topological polar surface area (TPSA) is 113 Å². The quantitative estimate of drug-likeness (QED) is 0.418. The van der Waals surface area contributed by atoms with E-state index in [1.165, 1.54) is 17.3 Å². The van der Waals surface area contributed by atoms with E-state index >= 15 is 0 Å². The molecule has 17 heavy (non-hydrogen) atoms. The van der Waals surface area contributed by atoms with Gasteiger partial charge in [-0.25, -0.2) is 15.8 Å². The van der Waals surface area contributed by atoms with E-state index in [9.17, 15) is 9.59 Å². The third kappa shape index (κ3) is 2.48. The Morgan fingerprint density at radius 1 is 1.47 bits per heavy atom. The minimum atomic E-state index is -0.309. The average molecular weight is 236 g/mol. The standard InChI is InChI=1S/C9H12N6O2/c10-14-7-4-12-6(3-13-7)9(17)15-2-1-11-8(16)5-15/h3-4H,1-2,5,10H2,(H,11,16)(H,13,14). The lowest BCUT2D eigenvalue weighted by Gasteiger charge is -2.26. The molecule has 0 saturated carbocycles. The van der Waals surface area contributed by atoms with Crippen LogP contribution in [0, 0.1) is 0 Å².